The van der Waals surface area contributed by atoms with E-state index >= 15 is 0 Å². The van der Waals surface area contributed by atoms with E-state index in [0.717, 1.165) is 6.42 Å². The number of carbonyl (C=O) groups excluding carboxylic acids is 1. The predicted octanol–water partition coefficient (Wildman–Crippen LogP) is 0.528. The molecule has 1 aromatic carbocycles. The Morgan fingerprint density at radius 1 is 1.42 bits per heavy atom. The molecule has 1 heterocycles. The Kier molecular flexibility index (Phi) is 4.12. The topological polar surface area (TPSA) is 85.8 Å². The van der Waals surface area contributed by atoms with Crippen LogP contribution in [0.3, 0.4) is 0 Å². The van der Waals surface area contributed by atoms with Crippen LogP contribution >= 0.6 is 0 Å². The molecule has 6 heteroatoms. The third-order valence-corrected chi connectivity index (χ3v) is 2.84. The highest BCUT2D eigenvalue weighted by Gasteiger charge is 2.04. The van der Waals surface area contributed by atoms with Gasteiger partial charge in [0, 0.05) is 6.54 Å². The van der Waals surface area contributed by atoms with Gasteiger partial charge >= 0.3 is 0 Å². The number of hydrogen-bond acceptors (Lipinski definition) is 4. The molecule has 3 N–H and O–H groups in total. The zero-order valence-electron chi connectivity index (χ0n) is 10.8. The summed E-state index contributed by atoms with van der Waals surface area (Å²) < 4.78 is 1.42. The highest BCUT2D eigenvalue weighted by atomic mass is 16.2. The van der Waals surface area contributed by atoms with Gasteiger partial charge in [-0.3, -0.25) is 4.79 Å². The SMILES string of the molecule is Cc1ccccc1CCNC(=O)Cn1cc(N)nn1. The van der Waals surface area contributed by atoms with Gasteiger partial charge in [-0.1, -0.05) is 29.5 Å². The molecular weight excluding hydrogens is 242 g/mol. The smallest absolute Gasteiger partial charge is 0.241 e. The quantitative estimate of drug-likeness (QED) is 0.820. The summed E-state index contributed by atoms with van der Waals surface area (Å²) in [5.41, 5.74) is 7.90. The first-order valence-corrected chi connectivity index (χ1v) is 6.12. The minimum absolute atomic E-state index is 0.0986. The molecule has 0 spiro atoms. The van der Waals surface area contributed by atoms with Crippen molar-refractivity contribution >= 4 is 11.7 Å². The summed E-state index contributed by atoms with van der Waals surface area (Å²) in [6.45, 7) is 2.81. The van der Waals surface area contributed by atoms with Gasteiger partial charge in [-0.25, -0.2) is 4.68 Å². The van der Waals surface area contributed by atoms with Crippen LogP contribution in [0.15, 0.2) is 30.5 Å². The Morgan fingerprint density at radius 2 is 2.21 bits per heavy atom. The van der Waals surface area contributed by atoms with Gasteiger partial charge in [0.15, 0.2) is 5.82 Å². The van der Waals surface area contributed by atoms with E-state index in [9.17, 15) is 4.79 Å². The van der Waals surface area contributed by atoms with Crippen LogP contribution in [0.4, 0.5) is 5.82 Å². The van der Waals surface area contributed by atoms with E-state index in [4.69, 9.17) is 5.73 Å². The van der Waals surface area contributed by atoms with Crippen LogP contribution in [0.2, 0.25) is 0 Å². The fourth-order valence-corrected chi connectivity index (χ4v) is 1.82. The minimum atomic E-state index is -0.0986. The van der Waals surface area contributed by atoms with Gasteiger partial charge in [0.25, 0.3) is 0 Å². The van der Waals surface area contributed by atoms with Gasteiger partial charge in [0.05, 0.1) is 6.20 Å². The molecule has 100 valence electrons. The average Bonchev–Trinajstić information content (AvgIpc) is 2.77. The van der Waals surface area contributed by atoms with Crippen molar-refractivity contribution in [1.29, 1.82) is 0 Å². The molecule has 19 heavy (non-hydrogen) atoms. The molecule has 2 rings (SSSR count). The molecule has 0 aliphatic heterocycles. The number of carbonyl (C=O) groups is 1. The predicted molar refractivity (Wildman–Crippen MR) is 72.3 cm³/mol. The van der Waals surface area contributed by atoms with Crippen LogP contribution in [0, 0.1) is 6.92 Å². The van der Waals surface area contributed by atoms with Gasteiger partial charge in [-0.05, 0) is 24.5 Å². The molecule has 0 atom stereocenters. The lowest BCUT2D eigenvalue weighted by Gasteiger charge is -2.07. The Balaban J connectivity index is 1.77. The zero-order valence-corrected chi connectivity index (χ0v) is 10.8. The second-order valence-corrected chi connectivity index (χ2v) is 4.37. The van der Waals surface area contributed by atoms with Crippen molar-refractivity contribution in [2.75, 3.05) is 12.3 Å². The lowest BCUT2D eigenvalue weighted by Crippen LogP contribution is -2.29. The average molecular weight is 259 g/mol. The van der Waals surface area contributed by atoms with Gasteiger partial charge in [-0.2, -0.15) is 0 Å². The Bertz CT molecular complexity index is 564. The lowest BCUT2D eigenvalue weighted by molar-refractivity contribution is -0.121. The lowest BCUT2D eigenvalue weighted by atomic mass is 10.1. The highest BCUT2D eigenvalue weighted by Crippen LogP contribution is 2.06. The monoisotopic (exact) mass is 259 g/mol. The number of rotatable bonds is 5. The van der Waals surface area contributed by atoms with Crippen molar-refractivity contribution in [3.63, 3.8) is 0 Å². The van der Waals surface area contributed by atoms with Crippen LogP contribution in [0.25, 0.3) is 0 Å². The van der Waals surface area contributed by atoms with E-state index in [2.05, 4.69) is 34.7 Å². The van der Waals surface area contributed by atoms with E-state index in [-0.39, 0.29) is 12.5 Å². The van der Waals surface area contributed by atoms with Gasteiger partial charge in [0.1, 0.15) is 6.54 Å². The summed E-state index contributed by atoms with van der Waals surface area (Å²) in [4.78, 5) is 11.7. The first kappa shape index (κ1) is 13.1. The largest absolute Gasteiger partial charge is 0.381 e. The Morgan fingerprint density at radius 3 is 2.89 bits per heavy atom. The molecule has 0 radical (unpaired) electrons. The van der Waals surface area contributed by atoms with Crippen LogP contribution in [0.1, 0.15) is 11.1 Å². The molecule has 1 amide bonds. The van der Waals surface area contributed by atoms with Gasteiger partial charge in [0.2, 0.25) is 5.91 Å². The first-order valence-electron chi connectivity index (χ1n) is 6.12. The summed E-state index contributed by atoms with van der Waals surface area (Å²) in [6.07, 6.45) is 2.35. The maximum absolute atomic E-state index is 11.7. The molecule has 0 unspecified atom stereocenters. The van der Waals surface area contributed by atoms with Crippen molar-refractivity contribution in [2.45, 2.75) is 19.9 Å². The summed E-state index contributed by atoms with van der Waals surface area (Å²) in [5, 5.41) is 10.2. The number of aryl methyl sites for hydroxylation is 1. The molecular formula is C13H17N5O. The molecule has 0 bridgehead atoms. The third-order valence-electron chi connectivity index (χ3n) is 2.84. The van der Waals surface area contributed by atoms with Crippen molar-refractivity contribution in [2.24, 2.45) is 0 Å². The summed E-state index contributed by atoms with van der Waals surface area (Å²) in [5.74, 6) is 0.214. The number of anilines is 1. The van der Waals surface area contributed by atoms with Crippen LogP contribution in [-0.4, -0.2) is 27.4 Å². The van der Waals surface area contributed by atoms with Crippen molar-refractivity contribution in [3.05, 3.63) is 41.6 Å². The second-order valence-electron chi connectivity index (χ2n) is 4.37. The number of nitrogens with zero attached hydrogens (tertiary/aromatic N) is 3. The first-order chi connectivity index (χ1) is 9.15. The zero-order chi connectivity index (χ0) is 13.7. The van der Waals surface area contributed by atoms with E-state index < -0.39 is 0 Å². The standard InChI is InChI=1S/C13H17N5O/c1-10-4-2-3-5-11(10)6-7-15-13(19)9-18-8-12(14)16-17-18/h2-5,8H,6-7,9,14H2,1H3,(H,15,19). The molecule has 0 fully saturated rings. The molecule has 2 aromatic rings. The van der Waals surface area contributed by atoms with E-state index in [0.29, 0.717) is 12.4 Å². The van der Waals surface area contributed by atoms with E-state index in [1.54, 1.807) is 0 Å². The molecule has 0 saturated carbocycles. The number of aromatic nitrogens is 3. The molecule has 6 nitrogen and oxygen atoms in total. The number of benzene rings is 1. The number of nitrogen functional groups attached to an aromatic ring is 1. The fourth-order valence-electron chi connectivity index (χ4n) is 1.82. The highest BCUT2D eigenvalue weighted by molar-refractivity contribution is 5.75. The van der Waals surface area contributed by atoms with E-state index in [1.165, 1.54) is 22.0 Å². The van der Waals surface area contributed by atoms with Crippen molar-refractivity contribution in [1.82, 2.24) is 20.3 Å². The number of amides is 1. The normalized spacial score (nSPS) is 10.4. The molecule has 1 aromatic heterocycles. The summed E-state index contributed by atoms with van der Waals surface area (Å²) in [7, 11) is 0. The third kappa shape index (κ3) is 3.80. The number of nitrogens with two attached hydrogens (primary N) is 1. The molecule has 0 aliphatic carbocycles. The molecule has 0 aliphatic rings. The summed E-state index contributed by atoms with van der Waals surface area (Å²) >= 11 is 0. The summed E-state index contributed by atoms with van der Waals surface area (Å²) in [6, 6.07) is 8.14. The van der Waals surface area contributed by atoms with Crippen molar-refractivity contribution in [3.8, 4) is 0 Å². The fraction of sp³-hybridized carbons (Fsp3) is 0.308. The van der Waals surface area contributed by atoms with Crippen molar-refractivity contribution < 1.29 is 4.79 Å². The van der Waals surface area contributed by atoms with Gasteiger partial charge < -0.3 is 11.1 Å². The Hall–Kier alpha value is -2.37. The van der Waals surface area contributed by atoms with Gasteiger partial charge in [-0.15, -0.1) is 5.10 Å². The number of hydrogen-bond donors (Lipinski definition) is 2. The van der Waals surface area contributed by atoms with E-state index in [1.807, 2.05) is 12.1 Å². The van der Waals surface area contributed by atoms with Crippen LogP contribution in [-0.2, 0) is 17.8 Å². The molecule has 0 saturated heterocycles. The number of nitrogens with one attached hydrogen (secondary N) is 1. The Labute approximate surface area is 111 Å². The maximum Gasteiger partial charge on any atom is 0.241 e. The van der Waals surface area contributed by atoms with Crippen LogP contribution < -0.4 is 11.1 Å². The second kappa shape index (κ2) is 5.99. The maximum atomic E-state index is 11.7. The minimum Gasteiger partial charge on any atom is -0.381 e. The van der Waals surface area contributed by atoms with Crippen LogP contribution in [0.5, 0.6) is 0 Å².